The van der Waals surface area contributed by atoms with Crippen LogP contribution in [0, 0.1) is 11.6 Å². The standard InChI is InChI=1S/C18H12F2N4/c19-15-4-2-11(8-16(15)20)18-22-6-5-17(24-18)23-14-3-1-12-9-21-10-13(12)7-14/h1-8,10H,9H2,(H,22,23,24). The lowest BCUT2D eigenvalue weighted by Crippen LogP contribution is -1.98. The first kappa shape index (κ1) is 14.4. The molecule has 0 spiro atoms. The average Bonchev–Trinajstić information content (AvgIpc) is 3.05. The minimum absolute atomic E-state index is 0.321. The first-order valence-corrected chi connectivity index (χ1v) is 7.37. The van der Waals surface area contributed by atoms with Crippen LogP contribution < -0.4 is 5.32 Å². The molecular formula is C18H12F2N4. The highest BCUT2D eigenvalue weighted by molar-refractivity contribution is 5.86. The highest BCUT2D eigenvalue weighted by Crippen LogP contribution is 2.23. The van der Waals surface area contributed by atoms with E-state index in [4.69, 9.17) is 0 Å². The summed E-state index contributed by atoms with van der Waals surface area (Å²) in [5.41, 5.74) is 3.55. The number of hydrogen-bond donors (Lipinski definition) is 1. The quantitative estimate of drug-likeness (QED) is 0.790. The Morgan fingerprint density at radius 1 is 0.958 bits per heavy atom. The Morgan fingerprint density at radius 3 is 2.75 bits per heavy atom. The summed E-state index contributed by atoms with van der Waals surface area (Å²) in [5.74, 6) is -0.929. The van der Waals surface area contributed by atoms with E-state index in [1.54, 1.807) is 12.3 Å². The Labute approximate surface area is 136 Å². The average molecular weight is 322 g/mol. The van der Waals surface area contributed by atoms with Gasteiger partial charge in [0.2, 0.25) is 0 Å². The maximum Gasteiger partial charge on any atom is 0.161 e. The van der Waals surface area contributed by atoms with Crippen LogP contribution in [-0.2, 0) is 6.54 Å². The lowest BCUT2D eigenvalue weighted by atomic mass is 10.1. The zero-order valence-electron chi connectivity index (χ0n) is 12.5. The molecule has 4 nitrogen and oxygen atoms in total. The molecule has 3 aromatic rings. The fourth-order valence-electron chi connectivity index (χ4n) is 2.53. The van der Waals surface area contributed by atoms with E-state index in [-0.39, 0.29) is 0 Å². The van der Waals surface area contributed by atoms with Crippen molar-refractivity contribution in [3.05, 3.63) is 71.4 Å². The predicted octanol–water partition coefficient (Wildman–Crippen LogP) is 4.10. The highest BCUT2D eigenvalue weighted by Gasteiger charge is 2.09. The molecule has 0 unspecified atom stereocenters. The smallest absolute Gasteiger partial charge is 0.161 e. The lowest BCUT2D eigenvalue weighted by molar-refractivity contribution is 0.509. The molecule has 0 radical (unpaired) electrons. The SMILES string of the molecule is Fc1ccc(-c2nccc(Nc3ccc4c(c3)C=NC4)n2)cc1F. The molecule has 0 aliphatic carbocycles. The number of hydrogen-bond acceptors (Lipinski definition) is 4. The molecule has 6 heteroatoms. The fraction of sp³-hybridized carbons (Fsp3) is 0.0556. The zero-order chi connectivity index (χ0) is 16.5. The predicted molar refractivity (Wildman–Crippen MR) is 88.4 cm³/mol. The number of aliphatic imine (C=N–C) groups is 1. The Kier molecular flexibility index (Phi) is 3.49. The van der Waals surface area contributed by atoms with Gasteiger partial charge in [0.05, 0.1) is 6.54 Å². The summed E-state index contributed by atoms with van der Waals surface area (Å²) in [6.07, 6.45) is 3.41. The van der Waals surface area contributed by atoms with Crippen molar-refractivity contribution in [2.24, 2.45) is 4.99 Å². The van der Waals surface area contributed by atoms with Crippen molar-refractivity contribution in [2.45, 2.75) is 6.54 Å². The number of nitrogens with one attached hydrogen (secondary N) is 1. The summed E-state index contributed by atoms with van der Waals surface area (Å²) in [6, 6.07) is 11.3. The summed E-state index contributed by atoms with van der Waals surface area (Å²) in [5, 5.41) is 3.19. The van der Waals surface area contributed by atoms with Crippen LogP contribution in [0.1, 0.15) is 11.1 Å². The number of fused-ring (bicyclic) bond motifs is 1. The normalized spacial score (nSPS) is 12.2. The molecule has 1 aliphatic rings. The monoisotopic (exact) mass is 322 g/mol. The molecule has 1 N–H and O–H groups in total. The molecule has 2 aromatic carbocycles. The number of benzene rings is 2. The summed E-state index contributed by atoms with van der Waals surface area (Å²) in [6.45, 7) is 0.712. The second-order valence-electron chi connectivity index (χ2n) is 5.40. The molecule has 0 saturated heterocycles. The van der Waals surface area contributed by atoms with Gasteiger partial charge in [-0.15, -0.1) is 0 Å². The molecule has 24 heavy (non-hydrogen) atoms. The van der Waals surface area contributed by atoms with Crippen LogP contribution in [0.15, 0.2) is 53.7 Å². The Hall–Kier alpha value is -3.15. The van der Waals surface area contributed by atoms with Crippen molar-refractivity contribution in [3.8, 4) is 11.4 Å². The molecule has 4 rings (SSSR count). The second-order valence-corrected chi connectivity index (χ2v) is 5.40. The van der Waals surface area contributed by atoms with Crippen LogP contribution in [-0.4, -0.2) is 16.2 Å². The summed E-state index contributed by atoms with van der Waals surface area (Å²) in [4.78, 5) is 12.7. The molecule has 1 aliphatic heterocycles. The molecule has 0 saturated carbocycles. The number of halogens is 2. The van der Waals surface area contributed by atoms with Crippen LogP contribution in [0.4, 0.5) is 20.3 Å². The van der Waals surface area contributed by atoms with Gasteiger partial charge in [-0.05, 0) is 47.5 Å². The van der Waals surface area contributed by atoms with E-state index in [9.17, 15) is 8.78 Å². The molecule has 0 amide bonds. The third kappa shape index (κ3) is 2.74. The van der Waals surface area contributed by atoms with Gasteiger partial charge in [0, 0.05) is 23.7 Å². The van der Waals surface area contributed by atoms with E-state index in [2.05, 4.69) is 20.3 Å². The third-order valence-corrected chi connectivity index (χ3v) is 3.74. The fourth-order valence-corrected chi connectivity index (χ4v) is 2.53. The van der Waals surface area contributed by atoms with E-state index in [1.165, 1.54) is 11.6 Å². The number of nitrogens with zero attached hydrogens (tertiary/aromatic N) is 3. The third-order valence-electron chi connectivity index (χ3n) is 3.74. The van der Waals surface area contributed by atoms with Gasteiger partial charge >= 0.3 is 0 Å². The zero-order valence-corrected chi connectivity index (χ0v) is 12.5. The summed E-state index contributed by atoms with van der Waals surface area (Å²) in [7, 11) is 0. The van der Waals surface area contributed by atoms with Crippen LogP contribution in [0.3, 0.4) is 0 Å². The van der Waals surface area contributed by atoms with Gasteiger partial charge in [0.1, 0.15) is 5.82 Å². The number of rotatable bonds is 3. The Balaban J connectivity index is 1.63. The van der Waals surface area contributed by atoms with Crippen molar-refractivity contribution in [1.29, 1.82) is 0 Å². The van der Waals surface area contributed by atoms with Crippen LogP contribution in [0.5, 0.6) is 0 Å². The number of aromatic nitrogens is 2. The van der Waals surface area contributed by atoms with Crippen molar-refractivity contribution >= 4 is 17.7 Å². The number of anilines is 2. The maximum absolute atomic E-state index is 13.4. The highest BCUT2D eigenvalue weighted by atomic mass is 19.2. The van der Waals surface area contributed by atoms with Gasteiger partial charge in [0.15, 0.2) is 17.5 Å². The van der Waals surface area contributed by atoms with Crippen molar-refractivity contribution < 1.29 is 8.78 Å². The largest absolute Gasteiger partial charge is 0.340 e. The van der Waals surface area contributed by atoms with Crippen LogP contribution in [0.2, 0.25) is 0 Å². The van der Waals surface area contributed by atoms with Crippen molar-refractivity contribution in [3.63, 3.8) is 0 Å². The van der Waals surface area contributed by atoms with E-state index >= 15 is 0 Å². The van der Waals surface area contributed by atoms with Gasteiger partial charge in [0.25, 0.3) is 0 Å². The Bertz CT molecular complexity index is 953. The minimum atomic E-state index is -0.924. The van der Waals surface area contributed by atoms with Crippen LogP contribution in [0.25, 0.3) is 11.4 Å². The van der Waals surface area contributed by atoms with E-state index in [0.29, 0.717) is 23.8 Å². The molecule has 0 fully saturated rings. The summed E-state index contributed by atoms with van der Waals surface area (Å²) < 4.78 is 26.4. The van der Waals surface area contributed by atoms with Crippen molar-refractivity contribution in [1.82, 2.24) is 9.97 Å². The molecule has 0 atom stereocenters. The second kappa shape index (κ2) is 5.81. The van der Waals surface area contributed by atoms with E-state index < -0.39 is 11.6 Å². The molecule has 118 valence electrons. The first-order chi connectivity index (χ1) is 11.7. The summed E-state index contributed by atoms with van der Waals surface area (Å²) >= 11 is 0. The van der Waals surface area contributed by atoms with Gasteiger partial charge < -0.3 is 5.32 Å². The maximum atomic E-state index is 13.4. The van der Waals surface area contributed by atoms with Crippen LogP contribution >= 0.6 is 0 Å². The molecule has 2 heterocycles. The molecular weight excluding hydrogens is 310 g/mol. The topological polar surface area (TPSA) is 50.2 Å². The van der Waals surface area contributed by atoms with Crippen molar-refractivity contribution in [2.75, 3.05) is 5.32 Å². The Morgan fingerprint density at radius 2 is 1.88 bits per heavy atom. The van der Waals surface area contributed by atoms with Gasteiger partial charge in [-0.2, -0.15) is 0 Å². The van der Waals surface area contributed by atoms with Gasteiger partial charge in [-0.1, -0.05) is 6.07 Å². The van der Waals surface area contributed by atoms with Gasteiger partial charge in [-0.3, -0.25) is 4.99 Å². The molecule has 1 aromatic heterocycles. The first-order valence-electron chi connectivity index (χ1n) is 7.37. The lowest BCUT2D eigenvalue weighted by Gasteiger charge is -2.08. The van der Waals surface area contributed by atoms with E-state index in [0.717, 1.165) is 23.4 Å². The molecule has 0 bridgehead atoms. The van der Waals surface area contributed by atoms with E-state index in [1.807, 2.05) is 24.4 Å². The van der Waals surface area contributed by atoms with Gasteiger partial charge in [-0.25, -0.2) is 18.7 Å². The minimum Gasteiger partial charge on any atom is -0.340 e.